The fourth-order valence-electron chi connectivity index (χ4n) is 2.92. The van der Waals surface area contributed by atoms with E-state index >= 15 is 0 Å². The van der Waals surface area contributed by atoms with Gasteiger partial charge in [-0.2, -0.15) is 0 Å². The van der Waals surface area contributed by atoms with Gasteiger partial charge in [-0.3, -0.25) is 19.3 Å². The topological polar surface area (TPSA) is 107 Å². The Balaban J connectivity index is 1.86. The summed E-state index contributed by atoms with van der Waals surface area (Å²) >= 11 is 0. The highest BCUT2D eigenvalue weighted by atomic mass is 16.4. The van der Waals surface area contributed by atoms with Crippen LogP contribution in [0.15, 0.2) is 42.5 Å². The second kappa shape index (κ2) is 7.41. The number of para-hydroxylation sites is 1. The molecule has 2 aromatic rings. The Morgan fingerprint density at radius 3 is 2.44 bits per heavy atom. The minimum atomic E-state index is -1.41. The highest BCUT2D eigenvalue weighted by Gasteiger charge is 2.35. The lowest BCUT2D eigenvalue weighted by Gasteiger charge is -2.12. The van der Waals surface area contributed by atoms with Gasteiger partial charge in [-0.15, -0.1) is 0 Å². The summed E-state index contributed by atoms with van der Waals surface area (Å²) in [6, 6.07) is 10.1. The lowest BCUT2D eigenvalue weighted by atomic mass is 10.0. The predicted octanol–water partition coefficient (Wildman–Crippen LogP) is 1.70. The van der Waals surface area contributed by atoms with Gasteiger partial charge in [0.25, 0.3) is 17.7 Å². The van der Waals surface area contributed by atoms with Crippen LogP contribution in [0.5, 0.6) is 0 Å². The summed E-state index contributed by atoms with van der Waals surface area (Å²) in [5.74, 6) is -2.78. The quantitative estimate of drug-likeness (QED) is 0.784. The number of carboxylic acid groups (broad SMARTS) is 1. The van der Waals surface area contributed by atoms with Crippen LogP contribution >= 0.6 is 0 Å². The molecule has 27 heavy (non-hydrogen) atoms. The molecule has 1 N–H and O–H groups in total. The molecule has 0 aliphatic carbocycles. The monoisotopic (exact) mass is 365 g/mol. The van der Waals surface area contributed by atoms with Gasteiger partial charge in [-0.1, -0.05) is 31.5 Å². The van der Waals surface area contributed by atoms with Gasteiger partial charge in [0.05, 0.1) is 22.8 Å². The maximum absolute atomic E-state index is 12.5. The van der Waals surface area contributed by atoms with E-state index in [1.54, 1.807) is 6.07 Å². The summed E-state index contributed by atoms with van der Waals surface area (Å²) in [5, 5.41) is 13.6. The number of carboxylic acids is 1. The van der Waals surface area contributed by atoms with E-state index in [4.69, 9.17) is 0 Å². The van der Waals surface area contributed by atoms with E-state index in [1.807, 2.05) is 6.92 Å². The van der Waals surface area contributed by atoms with E-state index in [2.05, 4.69) is 5.32 Å². The van der Waals surface area contributed by atoms with Crippen molar-refractivity contribution < 1.29 is 24.3 Å². The third-order valence-electron chi connectivity index (χ3n) is 4.36. The molecule has 7 nitrogen and oxygen atoms in total. The standard InChI is InChI=1S/C20H18N2O5/c1-2-3-10-22-18(24)13-9-8-12(11-15(13)19(22)25)17(23)21-16-7-5-4-6-14(16)20(26)27/h4-9,11H,2-3,10H2,1H3,(H,21,23)(H,26,27)/p-1. The zero-order valence-corrected chi connectivity index (χ0v) is 14.7. The van der Waals surface area contributed by atoms with Crippen molar-refractivity contribution in [1.29, 1.82) is 0 Å². The summed E-state index contributed by atoms with van der Waals surface area (Å²) in [4.78, 5) is 49.6. The van der Waals surface area contributed by atoms with Gasteiger partial charge in [-0.25, -0.2) is 0 Å². The van der Waals surface area contributed by atoms with Crippen LogP contribution in [0, 0.1) is 0 Å². The number of imide groups is 1. The molecule has 0 atom stereocenters. The largest absolute Gasteiger partial charge is 0.545 e. The molecule has 138 valence electrons. The minimum Gasteiger partial charge on any atom is -0.545 e. The fraction of sp³-hybridized carbons (Fsp3) is 0.200. The van der Waals surface area contributed by atoms with E-state index in [-0.39, 0.29) is 33.8 Å². The first kappa shape index (κ1) is 18.3. The van der Waals surface area contributed by atoms with Gasteiger partial charge >= 0.3 is 0 Å². The van der Waals surface area contributed by atoms with E-state index < -0.39 is 17.8 Å². The number of amides is 3. The van der Waals surface area contributed by atoms with Crippen LogP contribution in [0.1, 0.15) is 61.2 Å². The SMILES string of the molecule is CCCCN1C(=O)c2ccc(C(=O)Nc3ccccc3C(=O)[O-])cc2C1=O. The molecule has 1 heterocycles. The van der Waals surface area contributed by atoms with E-state index in [0.29, 0.717) is 13.0 Å². The zero-order valence-electron chi connectivity index (χ0n) is 14.7. The first-order chi connectivity index (χ1) is 12.9. The van der Waals surface area contributed by atoms with Crippen LogP contribution in [0.2, 0.25) is 0 Å². The number of nitrogens with zero attached hydrogens (tertiary/aromatic N) is 1. The molecular formula is C20H17N2O5-. The molecule has 2 aromatic carbocycles. The second-order valence-corrected chi connectivity index (χ2v) is 6.16. The molecule has 0 saturated heterocycles. The molecule has 0 radical (unpaired) electrons. The first-order valence-corrected chi connectivity index (χ1v) is 8.56. The Morgan fingerprint density at radius 2 is 1.74 bits per heavy atom. The molecule has 1 aliphatic rings. The predicted molar refractivity (Wildman–Crippen MR) is 95.4 cm³/mol. The van der Waals surface area contributed by atoms with Gasteiger partial charge in [0.1, 0.15) is 0 Å². The summed E-state index contributed by atoms with van der Waals surface area (Å²) in [7, 11) is 0. The number of rotatable bonds is 6. The molecule has 0 saturated carbocycles. The van der Waals surface area contributed by atoms with Crippen LogP contribution in [-0.4, -0.2) is 35.1 Å². The maximum atomic E-state index is 12.5. The number of fused-ring (bicyclic) bond motifs is 1. The Morgan fingerprint density at radius 1 is 1.04 bits per heavy atom. The van der Waals surface area contributed by atoms with E-state index in [0.717, 1.165) is 6.42 Å². The number of carbonyl (C=O) groups excluding carboxylic acids is 4. The number of anilines is 1. The van der Waals surface area contributed by atoms with Crippen LogP contribution in [-0.2, 0) is 0 Å². The molecule has 3 amide bonds. The number of hydrogen-bond acceptors (Lipinski definition) is 5. The molecule has 1 aliphatic heterocycles. The number of benzene rings is 2. The first-order valence-electron chi connectivity index (χ1n) is 8.56. The van der Waals surface area contributed by atoms with Crippen molar-refractivity contribution in [3.8, 4) is 0 Å². The number of hydrogen-bond donors (Lipinski definition) is 1. The average molecular weight is 365 g/mol. The third kappa shape index (κ3) is 3.44. The lowest BCUT2D eigenvalue weighted by Crippen LogP contribution is -2.30. The fourth-order valence-corrected chi connectivity index (χ4v) is 2.92. The van der Waals surface area contributed by atoms with Crippen molar-refractivity contribution in [2.75, 3.05) is 11.9 Å². The van der Waals surface area contributed by atoms with Gasteiger partial charge in [-0.05, 0) is 30.7 Å². The van der Waals surface area contributed by atoms with Crippen LogP contribution in [0.4, 0.5) is 5.69 Å². The summed E-state index contributed by atoms with van der Waals surface area (Å²) in [5.41, 5.74) is 0.541. The number of unbranched alkanes of at least 4 members (excludes halogenated alkanes) is 1. The minimum absolute atomic E-state index is 0.0926. The van der Waals surface area contributed by atoms with Gasteiger partial charge < -0.3 is 15.2 Å². The maximum Gasteiger partial charge on any atom is 0.261 e. The number of aromatic carboxylic acids is 1. The molecular weight excluding hydrogens is 348 g/mol. The molecule has 3 rings (SSSR count). The van der Waals surface area contributed by atoms with Crippen molar-refractivity contribution in [3.05, 3.63) is 64.7 Å². The van der Waals surface area contributed by atoms with Crippen molar-refractivity contribution >= 4 is 29.4 Å². The van der Waals surface area contributed by atoms with Crippen LogP contribution in [0.3, 0.4) is 0 Å². The zero-order chi connectivity index (χ0) is 19.6. The van der Waals surface area contributed by atoms with E-state index in [1.165, 1.54) is 41.3 Å². The van der Waals surface area contributed by atoms with E-state index in [9.17, 15) is 24.3 Å². The summed E-state index contributed by atoms with van der Waals surface area (Å²) in [6.45, 7) is 2.30. The molecule has 0 unspecified atom stereocenters. The van der Waals surface area contributed by atoms with Crippen molar-refractivity contribution in [1.82, 2.24) is 4.90 Å². The lowest BCUT2D eigenvalue weighted by molar-refractivity contribution is -0.254. The highest BCUT2D eigenvalue weighted by Crippen LogP contribution is 2.25. The summed E-state index contributed by atoms with van der Waals surface area (Å²) < 4.78 is 0. The normalized spacial score (nSPS) is 12.9. The van der Waals surface area contributed by atoms with Crippen molar-refractivity contribution in [2.45, 2.75) is 19.8 Å². The van der Waals surface area contributed by atoms with Crippen molar-refractivity contribution in [2.24, 2.45) is 0 Å². The third-order valence-corrected chi connectivity index (χ3v) is 4.36. The molecule has 0 fully saturated rings. The van der Waals surface area contributed by atoms with Crippen LogP contribution < -0.4 is 10.4 Å². The molecule has 7 heteroatoms. The van der Waals surface area contributed by atoms with Crippen molar-refractivity contribution in [3.63, 3.8) is 0 Å². The second-order valence-electron chi connectivity index (χ2n) is 6.16. The van der Waals surface area contributed by atoms with Gasteiger partial charge in [0.2, 0.25) is 0 Å². The van der Waals surface area contributed by atoms with Gasteiger partial charge in [0.15, 0.2) is 0 Å². The smallest absolute Gasteiger partial charge is 0.261 e. The number of nitrogens with one attached hydrogen (secondary N) is 1. The molecule has 0 aromatic heterocycles. The Kier molecular flexibility index (Phi) is 5.03. The molecule has 0 bridgehead atoms. The average Bonchev–Trinajstić information content (AvgIpc) is 2.90. The van der Waals surface area contributed by atoms with Gasteiger partial charge in [0, 0.05) is 17.7 Å². The Hall–Kier alpha value is -3.48. The molecule has 0 spiro atoms. The Labute approximate surface area is 155 Å². The highest BCUT2D eigenvalue weighted by molar-refractivity contribution is 6.22. The van der Waals surface area contributed by atoms with Crippen LogP contribution in [0.25, 0.3) is 0 Å². The Bertz CT molecular complexity index is 951. The summed E-state index contributed by atoms with van der Waals surface area (Å²) in [6.07, 6.45) is 1.55. The number of carbonyl (C=O) groups is 4.